The summed E-state index contributed by atoms with van der Waals surface area (Å²) in [5.41, 5.74) is 15.2. The van der Waals surface area contributed by atoms with Gasteiger partial charge in [-0.3, -0.25) is 0 Å². The van der Waals surface area contributed by atoms with Gasteiger partial charge in [0.05, 0.1) is 18.3 Å². The molecule has 10 rings (SSSR count). The van der Waals surface area contributed by atoms with Crippen LogP contribution in [0.4, 0.5) is 0 Å². The molecule has 0 radical (unpaired) electrons. The van der Waals surface area contributed by atoms with E-state index in [2.05, 4.69) is 108 Å². The molecule has 6 aliphatic rings. The lowest BCUT2D eigenvalue weighted by atomic mass is 9.55. The number of benzene rings is 3. The van der Waals surface area contributed by atoms with Crippen LogP contribution in [0.3, 0.4) is 0 Å². The van der Waals surface area contributed by atoms with Crippen LogP contribution in [0.1, 0.15) is 104 Å². The Balaban J connectivity index is 1.01. The second-order valence-corrected chi connectivity index (χ2v) is 24.9. The van der Waals surface area contributed by atoms with Crippen LogP contribution < -0.4 is 15.8 Å². The minimum Gasteiger partial charge on any atom is -0.504 e. The first kappa shape index (κ1) is 52.8. The highest BCUT2D eigenvalue weighted by atomic mass is 33.1. The lowest BCUT2D eigenvalue weighted by molar-refractivity contribution is -0.0214. The first-order valence-electron chi connectivity index (χ1n) is 27.5. The van der Waals surface area contributed by atoms with Gasteiger partial charge in [0.15, 0.2) is 11.5 Å². The zero-order chi connectivity index (χ0) is 51.3. The number of fused-ring (bicyclic) bond motifs is 5. The molecule has 1 spiro atoms. The average molecular weight is 1040 g/mol. The number of nitrogens with two attached hydrogens (primary N) is 1. The second kappa shape index (κ2) is 23.8. The quantitative estimate of drug-likeness (QED) is 0.0419. The number of aromatic amines is 1. The van der Waals surface area contributed by atoms with Gasteiger partial charge in [0.2, 0.25) is 0 Å². The Hall–Kier alpha value is -4.58. The molecule has 4 aliphatic carbocycles. The minimum absolute atomic E-state index is 0.00880. The Kier molecular flexibility index (Phi) is 17.0. The standard InChI is InChI=1S/C62H77N3O7S2/c1-2-39-25-43-29-55(69)57(72-58-30-44(27-47-16-11-22-64-47)48-19-23-65-61(63)53(48)37-74-73-36-45(34-66)60(58)71)32-50(43)51-31-56(70)59-41(28-49(39)51)18-21-62(20-10-9-17-54(59)68)33-52(40-14-7-4-8-15-40)42(26-46(62)35-67)24-38-12-5-3-6-13-38/h3-8,11-16,19,22,28-29,32,39,41-42,44-46,51-52,54,56,58-60,64-71H,2,9-10,17,20,23-27,30-31,33-37,63H2,1H3. The third-order valence-corrected chi connectivity index (χ3v) is 20.5. The van der Waals surface area contributed by atoms with E-state index >= 15 is 0 Å². The predicted octanol–water partition coefficient (Wildman–Crippen LogP) is 9.34. The third-order valence-electron chi connectivity index (χ3n) is 18.1. The number of phenolic OH excluding ortho intramolecular Hbond substituents is 1. The predicted molar refractivity (Wildman–Crippen MR) is 297 cm³/mol. The van der Waals surface area contributed by atoms with Gasteiger partial charge in [0, 0.05) is 77.8 Å². The number of hydrogen-bond acceptors (Lipinski definition) is 11. The fourth-order valence-electron chi connectivity index (χ4n) is 14.1. The number of nitrogens with one attached hydrogen (secondary N) is 2. The van der Waals surface area contributed by atoms with E-state index in [0.29, 0.717) is 61.9 Å². The van der Waals surface area contributed by atoms with E-state index in [-0.39, 0.29) is 54.3 Å². The number of dihydropyridines is 1. The van der Waals surface area contributed by atoms with Gasteiger partial charge in [-0.25, -0.2) is 0 Å². The molecule has 1 aromatic heterocycles. The molecule has 3 aromatic carbocycles. The second-order valence-electron chi connectivity index (χ2n) is 22.4. The van der Waals surface area contributed by atoms with Crippen molar-refractivity contribution in [2.24, 2.45) is 52.6 Å². The van der Waals surface area contributed by atoms with Crippen LogP contribution in [0.25, 0.3) is 0 Å². The van der Waals surface area contributed by atoms with Gasteiger partial charge in [-0.15, -0.1) is 0 Å². The van der Waals surface area contributed by atoms with E-state index in [1.54, 1.807) is 21.6 Å². The van der Waals surface area contributed by atoms with Crippen molar-refractivity contribution in [3.63, 3.8) is 0 Å². The van der Waals surface area contributed by atoms with Crippen LogP contribution in [-0.2, 0) is 19.3 Å². The molecule has 394 valence electrons. The topological polar surface area (TPSA) is 184 Å². The lowest BCUT2D eigenvalue weighted by Gasteiger charge is -2.48. The summed E-state index contributed by atoms with van der Waals surface area (Å²) in [7, 11) is 3.26. The van der Waals surface area contributed by atoms with Crippen molar-refractivity contribution in [3.8, 4) is 23.3 Å². The molecular weight excluding hydrogens is 963 g/mol. The minimum atomic E-state index is -1.06. The summed E-state index contributed by atoms with van der Waals surface area (Å²) in [6, 6.07) is 29.4. The van der Waals surface area contributed by atoms with Gasteiger partial charge in [0.1, 0.15) is 11.9 Å². The number of allylic oxidation sites excluding steroid dienone is 3. The number of aliphatic hydroxyl groups excluding tert-OH is 5. The van der Waals surface area contributed by atoms with Gasteiger partial charge in [-0.1, -0.05) is 132 Å². The maximum atomic E-state index is 12.6. The number of ether oxygens (including phenoxy) is 1. The maximum Gasteiger partial charge on any atom is 0.161 e. The molecule has 14 atom stereocenters. The smallest absolute Gasteiger partial charge is 0.161 e. The Bertz CT molecular complexity index is 2680. The number of rotatable bonds is 10. The van der Waals surface area contributed by atoms with Crippen molar-refractivity contribution >= 4 is 21.6 Å². The van der Waals surface area contributed by atoms with Gasteiger partial charge < -0.3 is 51.4 Å². The zero-order valence-corrected chi connectivity index (χ0v) is 44.5. The summed E-state index contributed by atoms with van der Waals surface area (Å²) in [5.74, 6) is 8.76. The molecule has 0 bridgehead atoms. The highest BCUT2D eigenvalue weighted by Crippen LogP contribution is 2.55. The largest absolute Gasteiger partial charge is 0.504 e. The van der Waals surface area contributed by atoms with Crippen LogP contribution >= 0.6 is 21.6 Å². The van der Waals surface area contributed by atoms with Crippen LogP contribution in [0.15, 0.2) is 126 Å². The van der Waals surface area contributed by atoms with Crippen LogP contribution in [0.2, 0.25) is 0 Å². The Morgan fingerprint density at radius 1 is 0.865 bits per heavy atom. The highest BCUT2D eigenvalue weighted by molar-refractivity contribution is 8.76. The molecule has 12 heteroatoms. The van der Waals surface area contributed by atoms with E-state index in [4.69, 9.17) is 10.5 Å². The SMILES string of the molecule is CCC1Cc2cc(O)c(OC3CC(Cc4ccc[nH]4)C4=CCNC(N)=C4CSSCC(CO)C3O)cc2C2CC(O)C3C(C#CC4(CCCCC3O)CC(c3ccccc3)C(Cc3ccccc3)CC4CO)C=C12. The first-order valence-corrected chi connectivity index (χ1v) is 30.0. The molecule has 14 unspecified atom stereocenters. The number of aromatic hydroxyl groups is 1. The van der Waals surface area contributed by atoms with Crippen molar-refractivity contribution in [2.75, 3.05) is 31.3 Å². The van der Waals surface area contributed by atoms with Crippen molar-refractivity contribution in [1.29, 1.82) is 0 Å². The molecule has 1 saturated carbocycles. The van der Waals surface area contributed by atoms with E-state index in [1.807, 2.05) is 24.4 Å². The third kappa shape index (κ3) is 11.3. The number of H-pyrrole nitrogens is 1. The number of hydrogen-bond donors (Lipinski definition) is 9. The molecule has 10 N–H and O–H groups in total. The molecule has 3 heterocycles. The van der Waals surface area contributed by atoms with E-state index < -0.39 is 47.6 Å². The zero-order valence-electron chi connectivity index (χ0n) is 42.8. The Morgan fingerprint density at radius 3 is 2.43 bits per heavy atom. The normalized spacial score (nSPS) is 33.6. The molecule has 0 amide bonds. The Morgan fingerprint density at radius 2 is 1.68 bits per heavy atom. The first-order chi connectivity index (χ1) is 36.1. The molecule has 74 heavy (non-hydrogen) atoms. The van der Waals surface area contributed by atoms with Gasteiger partial charge >= 0.3 is 0 Å². The summed E-state index contributed by atoms with van der Waals surface area (Å²) >= 11 is 0. The summed E-state index contributed by atoms with van der Waals surface area (Å²) in [4.78, 5) is 3.38. The molecule has 2 fully saturated rings. The van der Waals surface area contributed by atoms with Crippen LogP contribution in [0, 0.1) is 58.7 Å². The van der Waals surface area contributed by atoms with Crippen molar-refractivity contribution in [2.45, 2.75) is 120 Å². The fourth-order valence-corrected chi connectivity index (χ4v) is 16.6. The monoisotopic (exact) mass is 1040 g/mol. The van der Waals surface area contributed by atoms with Crippen molar-refractivity contribution in [1.82, 2.24) is 10.3 Å². The molecular formula is C62H77N3O7S2. The molecule has 2 aliphatic heterocycles. The number of phenols is 1. The molecule has 4 aromatic rings. The average Bonchev–Trinajstić information content (AvgIpc) is 3.87. The van der Waals surface area contributed by atoms with Gasteiger partial charge in [-0.05, 0) is 146 Å². The fraction of sp³-hybridized carbons (Fsp3) is 0.516. The van der Waals surface area contributed by atoms with E-state index in [9.17, 15) is 30.6 Å². The summed E-state index contributed by atoms with van der Waals surface area (Å²) < 4.78 is 6.96. The maximum absolute atomic E-state index is 12.6. The summed E-state index contributed by atoms with van der Waals surface area (Å²) in [5, 5.41) is 74.4. The van der Waals surface area contributed by atoms with Crippen LogP contribution in [-0.4, -0.2) is 91.3 Å². The van der Waals surface area contributed by atoms with Crippen molar-refractivity contribution < 1.29 is 35.4 Å². The van der Waals surface area contributed by atoms with E-state index in [1.165, 1.54) is 16.7 Å². The number of aliphatic hydroxyl groups is 5. The van der Waals surface area contributed by atoms with Crippen molar-refractivity contribution in [3.05, 3.63) is 154 Å². The Labute approximate surface area is 446 Å². The van der Waals surface area contributed by atoms with Gasteiger partial charge in [0.25, 0.3) is 0 Å². The van der Waals surface area contributed by atoms with Gasteiger partial charge in [-0.2, -0.15) is 0 Å². The lowest BCUT2D eigenvalue weighted by Crippen LogP contribution is -2.43. The summed E-state index contributed by atoms with van der Waals surface area (Å²) in [6.45, 7) is 2.61. The highest BCUT2D eigenvalue weighted by Gasteiger charge is 2.48. The molecule has 1 saturated heterocycles. The number of aromatic nitrogens is 1. The van der Waals surface area contributed by atoms with E-state index in [0.717, 1.165) is 72.9 Å². The van der Waals surface area contributed by atoms with Crippen LogP contribution in [0.5, 0.6) is 11.5 Å². The summed E-state index contributed by atoms with van der Waals surface area (Å²) in [6.07, 6.45) is 11.6. The molecule has 10 nitrogen and oxygen atoms in total.